The number of rotatable bonds is 9. The number of carbonyl (C=O) groups excluding carboxylic acids is 3. The lowest BCUT2D eigenvalue weighted by molar-refractivity contribution is -0.141. The quantitative estimate of drug-likeness (QED) is 0.244. The van der Waals surface area contributed by atoms with E-state index in [1.54, 1.807) is 20.8 Å². The first kappa shape index (κ1) is 29.4. The predicted molar refractivity (Wildman–Crippen MR) is 143 cm³/mol. The van der Waals surface area contributed by atoms with Gasteiger partial charge in [0.25, 0.3) is 11.8 Å². The molecule has 0 aliphatic rings. The van der Waals surface area contributed by atoms with Gasteiger partial charge in [0.2, 0.25) is 0 Å². The number of ether oxygens (including phenoxy) is 1. The number of aromatic amines is 1. The van der Waals surface area contributed by atoms with Crippen LogP contribution in [0, 0.1) is 0 Å². The number of benzene rings is 2. The van der Waals surface area contributed by atoms with Crippen molar-refractivity contribution < 1.29 is 33.9 Å². The fourth-order valence-electron chi connectivity index (χ4n) is 3.32. The van der Waals surface area contributed by atoms with Crippen LogP contribution in [0.2, 0.25) is 0 Å². The molecule has 1 aromatic heterocycles. The van der Waals surface area contributed by atoms with Crippen molar-refractivity contribution >= 4 is 46.6 Å². The first-order valence-electron chi connectivity index (χ1n) is 11.7. The van der Waals surface area contributed by atoms with Gasteiger partial charge in [-0.3, -0.25) is 24.4 Å². The van der Waals surface area contributed by atoms with E-state index in [4.69, 9.17) is 16.3 Å². The van der Waals surface area contributed by atoms with Crippen LogP contribution in [0.25, 0.3) is 11.4 Å². The van der Waals surface area contributed by atoms with E-state index in [9.17, 15) is 29.4 Å². The van der Waals surface area contributed by atoms with Gasteiger partial charge in [-0.2, -0.15) is 0 Å². The fourth-order valence-corrected chi connectivity index (χ4v) is 3.49. The van der Waals surface area contributed by atoms with E-state index in [1.165, 1.54) is 48.5 Å². The third kappa shape index (κ3) is 8.14. The number of alkyl halides is 1. The van der Waals surface area contributed by atoms with Crippen LogP contribution in [-0.4, -0.2) is 68.5 Å². The van der Waals surface area contributed by atoms with Crippen LogP contribution in [0.15, 0.2) is 57.8 Å². The lowest BCUT2D eigenvalue weighted by Crippen LogP contribution is -2.50. The van der Waals surface area contributed by atoms with E-state index >= 15 is 0 Å². The Labute approximate surface area is 227 Å². The first-order chi connectivity index (χ1) is 18.4. The maximum Gasteiger partial charge on any atom is 0.439 e. The molecule has 0 saturated carbocycles. The number of aromatic nitrogens is 2. The first-order valence-corrected chi connectivity index (χ1v) is 12.2. The summed E-state index contributed by atoms with van der Waals surface area (Å²) >= 11 is 5.84. The maximum atomic E-state index is 13.0. The molecule has 0 aliphatic carbocycles. The molecule has 208 valence electrons. The van der Waals surface area contributed by atoms with E-state index in [0.29, 0.717) is 16.9 Å². The van der Waals surface area contributed by atoms with E-state index in [-0.39, 0.29) is 23.9 Å². The number of hydrogen-bond donors (Lipinski definition) is 5. The van der Waals surface area contributed by atoms with Gasteiger partial charge >= 0.3 is 11.8 Å². The van der Waals surface area contributed by atoms with Crippen molar-refractivity contribution in [3.63, 3.8) is 0 Å². The highest BCUT2D eigenvalue weighted by atomic mass is 35.5. The highest BCUT2D eigenvalue weighted by Crippen LogP contribution is 2.21. The van der Waals surface area contributed by atoms with Crippen molar-refractivity contribution in [3.05, 3.63) is 59.1 Å². The summed E-state index contributed by atoms with van der Waals surface area (Å²) in [5.41, 5.74) is 0.771. The molecule has 0 saturated heterocycles. The lowest BCUT2D eigenvalue weighted by atomic mass is 10.1. The molecule has 5 N–H and O–H groups in total. The average Bonchev–Trinajstić information content (AvgIpc) is 3.32. The van der Waals surface area contributed by atoms with Crippen molar-refractivity contribution in [2.24, 2.45) is 0 Å². The molecule has 0 bridgehead atoms. The Morgan fingerprint density at radius 1 is 1.03 bits per heavy atom. The Morgan fingerprint density at radius 2 is 1.62 bits per heavy atom. The van der Waals surface area contributed by atoms with Crippen LogP contribution >= 0.6 is 11.6 Å². The summed E-state index contributed by atoms with van der Waals surface area (Å²) in [6.07, 6.45) is -4.86. The fraction of sp³-hybridized carbons (Fsp3) is 0.320. The monoisotopic (exact) mass is 561 g/mol. The van der Waals surface area contributed by atoms with Crippen LogP contribution < -0.4 is 21.3 Å². The zero-order chi connectivity index (χ0) is 28.7. The molecule has 1 heterocycles. The molecule has 3 rings (SSSR count). The minimum atomic E-state index is -2.10. The van der Waals surface area contributed by atoms with Crippen LogP contribution in [0.3, 0.4) is 0 Å². The van der Waals surface area contributed by atoms with Gasteiger partial charge in [-0.1, -0.05) is 5.16 Å². The Kier molecular flexibility index (Phi) is 9.46. The smallest absolute Gasteiger partial charge is 0.439 e. The molecule has 0 fully saturated rings. The number of amides is 3. The highest BCUT2D eigenvalue weighted by molar-refractivity contribution is 6.18. The molecule has 3 aromatic rings. The van der Waals surface area contributed by atoms with E-state index in [2.05, 4.69) is 25.3 Å². The normalized spacial score (nSPS) is 12.8. The van der Waals surface area contributed by atoms with Crippen LogP contribution in [0.1, 0.15) is 20.8 Å². The van der Waals surface area contributed by atoms with Gasteiger partial charge in [0, 0.05) is 35.1 Å². The van der Waals surface area contributed by atoms with Gasteiger partial charge in [-0.15, -0.1) is 11.6 Å². The number of hydrogen-bond acceptors (Lipinski definition) is 9. The minimum Gasteiger partial charge on any atom is -0.444 e. The summed E-state index contributed by atoms with van der Waals surface area (Å²) < 4.78 is 9.64. The third-order valence-electron chi connectivity index (χ3n) is 5.09. The van der Waals surface area contributed by atoms with Gasteiger partial charge in [0.05, 0.1) is 0 Å². The average molecular weight is 562 g/mol. The molecule has 39 heavy (non-hydrogen) atoms. The molecule has 2 atom stereocenters. The SMILES string of the molecule is CC(C)(C)OC(=O)Nc1ccc(N(CCCl)C(=O)[C@H](O)[C@@H](O)C(=O)Nc2ccc(-c3noc(=O)[nH]3)cc2)cc1. The lowest BCUT2D eigenvalue weighted by Gasteiger charge is -2.26. The Hall–Kier alpha value is -4.20. The number of anilines is 3. The van der Waals surface area contributed by atoms with Crippen molar-refractivity contribution in [2.45, 2.75) is 38.6 Å². The van der Waals surface area contributed by atoms with E-state index < -0.39 is 41.5 Å². The van der Waals surface area contributed by atoms with E-state index in [0.717, 1.165) is 4.90 Å². The largest absolute Gasteiger partial charge is 0.444 e. The van der Waals surface area contributed by atoms with Crippen LogP contribution in [0.5, 0.6) is 0 Å². The van der Waals surface area contributed by atoms with Crippen LogP contribution in [-0.2, 0) is 14.3 Å². The summed E-state index contributed by atoms with van der Waals surface area (Å²) in [6.45, 7) is 5.15. The molecule has 0 unspecified atom stereocenters. The van der Waals surface area contributed by atoms with Crippen molar-refractivity contribution in [1.82, 2.24) is 10.1 Å². The second-order valence-corrected chi connectivity index (χ2v) is 9.63. The second kappa shape index (κ2) is 12.6. The van der Waals surface area contributed by atoms with Gasteiger partial charge in [-0.05, 0) is 69.3 Å². The number of aliphatic hydroxyl groups excluding tert-OH is 2. The highest BCUT2D eigenvalue weighted by Gasteiger charge is 2.34. The van der Waals surface area contributed by atoms with Crippen LogP contribution in [0.4, 0.5) is 21.9 Å². The predicted octanol–water partition coefficient (Wildman–Crippen LogP) is 2.31. The number of halogens is 1. The molecule has 0 spiro atoms. The standard InChI is InChI=1S/C25H28ClN5O8/c1-25(2,3)38-23(36)28-16-8-10-17(11-9-16)31(13-12-26)22(35)19(33)18(32)21(34)27-15-6-4-14(5-7-15)20-29-24(37)39-30-20/h4-11,18-19,32-33H,12-13H2,1-3H3,(H,27,34)(H,28,36)(H,29,30,37)/t18-,19-/m1/s1. The number of carbonyl (C=O) groups is 3. The number of nitrogens with zero attached hydrogens (tertiary/aromatic N) is 2. The van der Waals surface area contributed by atoms with Gasteiger partial charge in [-0.25, -0.2) is 9.59 Å². The zero-order valence-corrected chi connectivity index (χ0v) is 22.1. The van der Waals surface area contributed by atoms with Gasteiger partial charge < -0.3 is 25.2 Å². The topological polar surface area (TPSA) is 187 Å². The third-order valence-corrected chi connectivity index (χ3v) is 5.25. The van der Waals surface area contributed by atoms with Crippen molar-refractivity contribution in [3.8, 4) is 11.4 Å². The number of nitrogens with one attached hydrogen (secondary N) is 3. The maximum absolute atomic E-state index is 13.0. The second-order valence-electron chi connectivity index (χ2n) is 9.25. The molecule has 3 amide bonds. The Balaban J connectivity index is 1.64. The molecule has 2 aromatic carbocycles. The Morgan fingerprint density at radius 3 is 2.15 bits per heavy atom. The summed E-state index contributed by atoms with van der Waals surface area (Å²) in [6, 6.07) is 12.0. The summed E-state index contributed by atoms with van der Waals surface area (Å²) in [7, 11) is 0. The minimum absolute atomic E-state index is 0.00178. The molecular formula is C25H28ClN5O8. The molecular weight excluding hydrogens is 534 g/mol. The summed E-state index contributed by atoms with van der Waals surface area (Å²) in [5.74, 6) is -2.52. The number of aliphatic hydroxyl groups is 2. The van der Waals surface area contributed by atoms with Gasteiger partial charge in [0.15, 0.2) is 18.0 Å². The van der Waals surface area contributed by atoms with Crippen molar-refractivity contribution in [1.29, 1.82) is 0 Å². The van der Waals surface area contributed by atoms with Gasteiger partial charge in [0.1, 0.15) is 5.60 Å². The van der Waals surface area contributed by atoms with E-state index in [1.807, 2.05) is 0 Å². The number of H-pyrrole nitrogens is 1. The molecule has 13 nitrogen and oxygen atoms in total. The molecule has 14 heteroatoms. The molecule has 0 radical (unpaired) electrons. The Bertz CT molecular complexity index is 1350. The molecule has 0 aliphatic heterocycles. The summed E-state index contributed by atoms with van der Waals surface area (Å²) in [4.78, 5) is 52.1. The summed E-state index contributed by atoms with van der Waals surface area (Å²) in [5, 5.41) is 29.4. The van der Waals surface area contributed by atoms with Crippen molar-refractivity contribution in [2.75, 3.05) is 28.0 Å². The zero-order valence-electron chi connectivity index (χ0n) is 21.3.